The number of nitrogens with zero attached hydrogens (tertiary/aromatic N) is 1. The topological polar surface area (TPSA) is 72.8 Å². The van der Waals surface area contributed by atoms with E-state index in [4.69, 9.17) is 0 Å². The van der Waals surface area contributed by atoms with Crippen LogP contribution < -0.4 is 0 Å². The second-order valence-corrected chi connectivity index (χ2v) is 5.05. The van der Waals surface area contributed by atoms with Crippen molar-refractivity contribution in [2.75, 3.05) is 0 Å². The fraction of sp³-hybridized carbons (Fsp3) is 0.273. The Bertz CT molecular complexity index is 520. The van der Waals surface area contributed by atoms with Crippen LogP contribution in [0.25, 0.3) is 0 Å². The van der Waals surface area contributed by atoms with Crippen LogP contribution in [0.5, 0.6) is 0 Å². The second kappa shape index (κ2) is 5.58. The molecule has 17 heavy (non-hydrogen) atoms. The minimum Gasteiger partial charge on any atom is -0.293 e. The van der Waals surface area contributed by atoms with Gasteiger partial charge in [-0.15, -0.1) is 0 Å². The van der Waals surface area contributed by atoms with Crippen molar-refractivity contribution in [1.82, 2.24) is 0 Å². The van der Waals surface area contributed by atoms with Crippen LogP contribution in [-0.2, 0) is 24.9 Å². The zero-order valence-corrected chi connectivity index (χ0v) is 10.4. The maximum atomic E-state index is 11.5. The van der Waals surface area contributed by atoms with Crippen molar-refractivity contribution in [2.24, 2.45) is 5.16 Å². The number of carbonyl (C=O) groups is 1. The molecule has 6 heteroatoms. The van der Waals surface area contributed by atoms with Crippen LogP contribution in [0.15, 0.2) is 35.5 Å². The van der Waals surface area contributed by atoms with E-state index in [0.29, 0.717) is 5.56 Å². The van der Waals surface area contributed by atoms with Gasteiger partial charge in [0.15, 0.2) is 5.78 Å². The zero-order valence-electron chi connectivity index (χ0n) is 9.58. The molecule has 0 amide bonds. The van der Waals surface area contributed by atoms with E-state index in [1.54, 1.807) is 30.3 Å². The summed E-state index contributed by atoms with van der Waals surface area (Å²) in [5.41, 5.74) is 0.616. The number of rotatable bonds is 5. The smallest absolute Gasteiger partial charge is 0.293 e. The minimum absolute atomic E-state index is 0.0154. The maximum absolute atomic E-state index is 11.5. The molecule has 0 aliphatic rings. The summed E-state index contributed by atoms with van der Waals surface area (Å²) >= 11 is 0. The van der Waals surface area contributed by atoms with Crippen molar-refractivity contribution < 1.29 is 17.5 Å². The van der Waals surface area contributed by atoms with Crippen molar-refractivity contribution in [2.45, 2.75) is 19.6 Å². The van der Waals surface area contributed by atoms with E-state index >= 15 is 0 Å². The summed E-state index contributed by atoms with van der Waals surface area (Å²) in [4.78, 5) is 10.8. The van der Waals surface area contributed by atoms with Crippen molar-refractivity contribution >= 4 is 21.6 Å². The number of oxime groups is 1. The molecular formula is C11H13NO4S. The summed E-state index contributed by atoms with van der Waals surface area (Å²) < 4.78 is 27.4. The van der Waals surface area contributed by atoms with Crippen LogP contribution in [0.2, 0.25) is 0 Å². The van der Waals surface area contributed by atoms with Crippen molar-refractivity contribution in [3.05, 3.63) is 35.9 Å². The molecule has 0 bridgehead atoms. The molecule has 0 unspecified atom stereocenters. The maximum Gasteiger partial charge on any atom is 0.332 e. The van der Waals surface area contributed by atoms with Gasteiger partial charge in [0.1, 0.15) is 11.5 Å². The number of hydrogen-bond donors (Lipinski definition) is 0. The highest BCUT2D eigenvalue weighted by molar-refractivity contribution is 7.85. The lowest BCUT2D eigenvalue weighted by Crippen LogP contribution is -2.10. The fourth-order valence-electron chi connectivity index (χ4n) is 0.982. The zero-order chi connectivity index (χ0) is 12.9. The monoisotopic (exact) mass is 255 g/mol. The van der Waals surface area contributed by atoms with E-state index in [9.17, 15) is 13.2 Å². The first-order valence-electron chi connectivity index (χ1n) is 4.91. The van der Waals surface area contributed by atoms with Gasteiger partial charge in [-0.25, -0.2) is 0 Å². The molecule has 1 rings (SSSR count). The van der Waals surface area contributed by atoms with Gasteiger partial charge in [0.25, 0.3) is 0 Å². The lowest BCUT2D eigenvalue weighted by molar-refractivity contribution is -0.111. The Morgan fingerprint density at radius 1 is 1.24 bits per heavy atom. The molecule has 0 atom stereocenters. The van der Waals surface area contributed by atoms with E-state index in [1.807, 2.05) is 0 Å². The molecule has 0 aliphatic carbocycles. The molecule has 5 nitrogen and oxygen atoms in total. The first-order chi connectivity index (χ1) is 7.91. The van der Waals surface area contributed by atoms with Crippen LogP contribution in [0.1, 0.15) is 19.4 Å². The average molecular weight is 255 g/mol. The van der Waals surface area contributed by atoms with Crippen molar-refractivity contribution in [1.29, 1.82) is 0 Å². The van der Waals surface area contributed by atoms with E-state index in [0.717, 1.165) is 0 Å². The van der Waals surface area contributed by atoms with E-state index in [-0.39, 0.29) is 17.2 Å². The second-order valence-electron chi connectivity index (χ2n) is 3.50. The molecule has 0 aromatic heterocycles. The standard InChI is InChI=1S/C11H13NO4S/c1-9(10(2)13)12-16-17(14,15)8-11-6-4-3-5-7-11/h3-7H,8H2,1-2H3. The van der Waals surface area contributed by atoms with Crippen LogP contribution >= 0.6 is 0 Å². The minimum atomic E-state index is -3.80. The predicted molar refractivity (Wildman–Crippen MR) is 63.9 cm³/mol. The SMILES string of the molecule is CC(=O)C(C)=NOS(=O)(=O)Cc1ccccc1. The highest BCUT2D eigenvalue weighted by atomic mass is 32.2. The van der Waals surface area contributed by atoms with Gasteiger partial charge in [0.05, 0.1) is 0 Å². The molecule has 92 valence electrons. The van der Waals surface area contributed by atoms with E-state index < -0.39 is 10.1 Å². The number of carbonyl (C=O) groups excluding carboxylic acids is 1. The molecule has 0 fully saturated rings. The highest BCUT2D eigenvalue weighted by Crippen LogP contribution is 2.07. The lowest BCUT2D eigenvalue weighted by atomic mass is 10.2. The third-order valence-electron chi connectivity index (χ3n) is 1.98. The van der Waals surface area contributed by atoms with Crippen molar-refractivity contribution in [3.63, 3.8) is 0 Å². The lowest BCUT2D eigenvalue weighted by Gasteiger charge is -2.02. The summed E-state index contributed by atoms with van der Waals surface area (Å²) in [6, 6.07) is 8.59. The highest BCUT2D eigenvalue weighted by Gasteiger charge is 2.13. The van der Waals surface area contributed by atoms with Gasteiger partial charge < -0.3 is 0 Å². The summed E-state index contributed by atoms with van der Waals surface area (Å²) in [5, 5.41) is 3.27. The third-order valence-corrected chi connectivity index (χ3v) is 2.97. The van der Waals surface area contributed by atoms with Gasteiger partial charge in [-0.2, -0.15) is 8.42 Å². The van der Waals surface area contributed by atoms with Gasteiger partial charge in [-0.1, -0.05) is 35.5 Å². The molecule has 0 N–H and O–H groups in total. The Kier molecular flexibility index (Phi) is 4.39. The van der Waals surface area contributed by atoms with Gasteiger partial charge in [0.2, 0.25) is 0 Å². The van der Waals surface area contributed by atoms with Gasteiger partial charge in [-0.05, 0) is 12.5 Å². The number of hydrogen-bond acceptors (Lipinski definition) is 5. The van der Waals surface area contributed by atoms with E-state index in [1.165, 1.54) is 13.8 Å². The molecule has 0 radical (unpaired) electrons. The summed E-state index contributed by atoms with van der Waals surface area (Å²) in [6.07, 6.45) is 0. The number of ketones is 1. The van der Waals surface area contributed by atoms with Crippen molar-refractivity contribution in [3.8, 4) is 0 Å². The molecular weight excluding hydrogens is 242 g/mol. The Morgan fingerprint density at radius 2 is 1.82 bits per heavy atom. The fourth-order valence-corrected chi connectivity index (χ4v) is 1.86. The quantitative estimate of drug-likeness (QED) is 0.590. The summed E-state index contributed by atoms with van der Waals surface area (Å²) in [5.74, 6) is -0.609. The largest absolute Gasteiger partial charge is 0.332 e. The molecule has 0 heterocycles. The van der Waals surface area contributed by atoms with Gasteiger partial charge >= 0.3 is 10.1 Å². The Morgan fingerprint density at radius 3 is 2.35 bits per heavy atom. The Labute approximate surface area is 100 Å². The Hall–Kier alpha value is -1.69. The molecule has 0 saturated carbocycles. The van der Waals surface area contributed by atoms with Gasteiger partial charge in [-0.3, -0.25) is 9.08 Å². The Balaban J connectivity index is 2.71. The summed E-state index contributed by atoms with van der Waals surface area (Å²) in [6.45, 7) is 2.67. The molecule has 1 aromatic carbocycles. The summed E-state index contributed by atoms with van der Waals surface area (Å²) in [7, 11) is -3.80. The molecule has 0 aliphatic heterocycles. The molecule has 1 aromatic rings. The number of Topliss-reactive ketones (excluding diaryl/α,β-unsaturated/α-hetero) is 1. The average Bonchev–Trinajstić information content (AvgIpc) is 2.26. The normalized spacial score (nSPS) is 12.2. The van der Waals surface area contributed by atoms with Crippen LogP contribution in [0.4, 0.5) is 0 Å². The molecule has 0 spiro atoms. The predicted octanol–water partition coefficient (Wildman–Crippen LogP) is 1.50. The first kappa shape index (κ1) is 13.4. The van der Waals surface area contributed by atoms with Gasteiger partial charge in [0, 0.05) is 6.92 Å². The van der Waals surface area contributed by atoms with E-state index in [2.05, 4.69) is 9.44 Å². The van der Waals surface area contributed by atoms with Crippen LogP contribution in [-0.4, -0.2) is 19.9 Å². The molecule has 0 saturated heterocycles. The third kappa shape index (κ3) is 4.78. The van der Waals surface area contributed by atoms with Crippen LogP contribution in [0, 0.1) is 0 Å². The van der Waals surface area contributed by atoms with Crippen LogP contribution in [0.3, 0.4) is 0 Å². The number of benzene rings is 1. The first-order valence-corrected chi connectivity index (χ1v) is 6.49.